The summed E-state index contributed by atoms with van der Waals surface area (Å²) < 4.78 is 0. The van der Waals surface area contributed by atoms with Gasteiger partial charge in [-0.2, -0.15) is 0 Å². The van der Waals surface area contributed by atoms with Gasteiger partial charge in [-0.05, 0) is 37.3 Å². The van der Waals surface area contributed by atoms with Crippen LogP contribution < -0.4 is 10.6 Å². The fourth-order valence-electron chi connectivity index (χ4n) is 1.80. The summed E-state index contributed by atoms with van der Waals surface area (Å²) >= 11 is 1.74. The van der Waals surface area contributed by atoms with Crippen LogP contribution in [0.25, 0.3) is 0 Å². The lowest BCUT2D eigenvalue weighted by atomic mass is 10.2. The predicted molar refractivity (Wildman–Crippen MR) is 69.3 cm³/mol. The first-order chi connectivity index (χ1) is 7.36. The third-order valence-electron chi connectivity index (χ3n) is 2.63. The molecule has 16 heavy (non-hydrogen) atoms. The first-order valence-corrected chi connectivity index (χ1v) is 6.28. The molecule has 1 aliphatic rings. The zero-order valence-electron chi connectivity index (χ0n) is 9.07. The second-order valence-corrected chi connectivity index (χ2v) is 4.80. The highest BCUT2D eigenvalue weighted by molar-refractivity contribution is 7.09. The van der Waals surface area contributed by atoms with Crippen molar-refractivity contribution >= 4 is 29.7 Å². The molecule has 2 heterocycles. The van der Waals surface area contributed by atoms with Gasteiger partial charge in [0, 0.05) is 11.4 Å². The molecule has 0 radical (unpaired) electrons. The smallest absolute Gasteiger partial charge is 0.237 e. The van der Waals surface area contributed by atoms with Crippen LogP contribution in [-0.2, 0) is 11.2 Å². The van der Waals surface area contributed by atoms with Gasteiger partial charge in [-0.3, -0.25) is 4.79 Å². The van der Waals surface area contributed by atoms with Crippen LogP contribution >= 0.6 is 23.7 Å². The van der Waals surface area contributed by atoms with Crippen LogP contribution in [0.1, 0.15) is 17.7 Å². The molecule has 1 aliphatic heterocycles. The Hall–Kier alpha value is -0.580. The molecule has 1 aromatic heterocycles. The Morgan fingerprint density at radius 2 is 2.50 bits per heavy atom. The van der Waals surface area contributed by atoms with Gasteiger partial charge in [0.1, 0.15) is 0 Å². The first kappa shape index (κ1) is 13.5. The van der Waals surface area contributed by atoms with E-state index in [1.165, 1.54) is 4.88 Å². The van der Waals surface area contributed by atoms with E-state index in [9.17, 15) is 4.79 Å². The summed E-state index contributed by atoms with van der Waals surface area (Å²) in [5.41, 5.74) is 0. The number of carbonyl (C=O) groups excluding carboxylic acids is 1. The Balaban J connectivity index is 0.00000128. The Kier molecular flexibility index (Phi) is 5.80. The van der Waals surface area contributed by atoms with Crippen LogP contribution in [0.4, 0.5) is 0 Å². The van der Waals surface area contributed by atoms with Crippen molar-refractivity contribution < 1.29 is 4.79 Å². The molecular formula is C11H17ClN2OS. The van der Waals surface area contributed by atoms with E-state index >= 15 is 0 Å². The van der Waals surface area contributed by atoms with Crippen molar-refractivity contribution in [1.29, 1.82) is 0 Å². The highest BCUT2D eigenvalue weighted by atomic mass is 35.5. The normalized spacial score (nSPS) is 19.1. The van der Waals surface area contributed by atoms with E-state index in [1.54, 1.807) is 11.3 Å². The first-order valence-electron chi connectivity index (χ1n) is 5.40. The van der Waals surface area contributed by atoms with Gasteiger partial charge in [0.05, 0.1) is 6.04 Å². The number of nitrogens with one attached hydrogen (secondary N) is 2. The molecule has 0 saturated carbocycles. The van der Waals surface area contributed by atoms with E-state index < -0.39 is 0 Å². The molecule has 0 aromatic carbocycles. The summed E-state index contributed by atoms with van der Waals surface area (Å²) in [5, 5.41) is 8.22. The minimum absolute atomic E-state index is 0. The van der Waals surface area contributed by atoms with Crippen molar-refractivity contribution in [3.63, 3.8) is 0 Å². The highest BCUT2D eigenvalue weighted by Gasteiger charge is 2.21. The summed E-state index contributed by atoms with van der Waals surface area (Å²) in [5.74, 6) is 0.157. The largest absolute Gasteiger partial charge is 0.354 e. The van der Waals surface area contributed by atoms with E-state index in [4.69, 9.17) is 0 Å². The summed E-state index contributed by atoms with van der Waals surface area (Å²) in [6.45, 7) is 1.72. The van der Waals surface area contributed by atoms with Crippen molar-refractivity contribution in [3.8, 4) is 0 Å². The summed E-state index contributed by atoms with van der Waals surface area (Å²) in [6.07, 6.45) is 3.03. The minimum atomic E-state index is 0. The van der Waals surface area contributed by atoms with E-state index in [0.717, 1.165) is 32.4 Å². The zero-order chi connectivity index (χ0) is 10.5. The minimum Gasteiger partial charge on any atom is -0.354 e. The summed E-state index contributed by atoms with van der Waals surface area (Å²) in [6, 6.07) is 4.19. The van der Waals surface area contributed by atoms with Crippen LogP contribution in [0.2, 0.25) is 0 Å². The molecule has 1 atom stereocenters. The number of halogens is 1. The van der Waals surface area contributed by atoms with Crippen LogP contribution in [-0.4, -0.2) is 25.0 Å². The third kappa shape index (κ3) is 3.77. The van der Waals surface area contributed by atoms with E-state index in [0.29, 0.717) is 0 Å². The van der Waals surface area contributed by atoms with Crippen molar-refractivity contribution in [1.82, 2.24) is 10.6 Å². The maximum atomic E-state index is 11.6. The Labute approximate surface area is 106 Å². The monoisotopic (exact) mass is 260 g/mol. The van der Waals surface area contributed by atoms with E-state index in [1.807, 2.05) is 6.07 Å². The van der Waals surface area contributed by atoms with Gasteiger partial charge in [0.2, 0.25) is 5.91 Å². The Morgan fingerprint density at radius 3 is 3.12 bits per heavy atom. The lowest BCUT2D eigenvalue weighted by Gasteiger charge is -2.10. The quantitative estimate of drug-likeness (QED) is 0.863. The molecule has 0 spiro atoms. The Morgan fingerprint density at radius 1 is 1.62 bits per heavy atom. The number of hydrogen-bond acceptors (Lipinski definition) is 3. The molecule has 90 valence electrons. The molecule has 2 rings (SSSR count). The molecule has 1 fully saturated rings. The topological polar surface area (TPSA) is 41.1 Å². The predicted octanol–water partition coefficient (Wildman–Crippen LogP) is 1.58. The third-order valence-corrected chi connectivity index (χ3v) is 3.56. The summed E-state index contributed by atoms with van der Waals surface area (Å²) in [7, 11) is 0. The zero-order valence-corrected chi connectivity index (χ0v) is 10.7. The Bertz CT molecular complexity index is 310. The lowest BCUT2D eigenvalue weighted by molar-refractivity contribution is -0.122. The maximum Gasteiger partial charge on any atom is 0.237 e. The molecule has 1 unspecified atom stereocenters. The van der Waals surface area contributed by atoms with Gasteiger partial charge in [-0.15, -0.1) is 23.7 Å². The lowest BCUT2D eigenvalue weighted by Crippen LogP contribution is -2.41. The molecule has 5 heteroatoms. The van der Waals surface area contributed by atoms with E-state index in [2.05, 4.69) is 22.1 Å². The van der Waals surface area contributed by atoms with Gasteiger partial charge in [-0.1, -0.05) is 6.07 Å². The van der Waals surface area contributed by atoms with E-state index in [-0.39, 0.29) is 24.4 Å². The van der Waals surface area contributed by atoms with Gasteiger partial charge in [-0.25, -0.2) is 0 Å². The molecule has 1 aromatic rings. The van der Waals surface area contributed by atoms with Crippen LogP contribution in [0.5, 0.6) is 0 Å². The van der Waals surface area contributed by atoms with Crippen LogP contribution in [0.3, 0.4) is 0 Å². The second kappa shape index (κ2) is 6.89. The highest BCUT2D eigenvalue weighted by Crippen LogP contribution is 2.08. The number of hydrogen-bond donors (Lipinski definition) is 2. The van der Waals surface area contributed by atoms with Gasteiger partial charge < -0.3 is 10.6 Å². The number of thiophene rings is 1. The second-order valence-electron chi connectivity index (χ2n) is 3.77. The summed E-state index contributed by atoms with van der Waals surface area (Å²) in [4.78, 5) is 12.9. The van der Waals surface area contributed by atoms with Crippen LogP contribution in [0.15, 0.2) is 17.5 Å². The number of amides is 1. The fourth-order valence-corrected chi connectivity index (χ4v) is 2.50. The van der Waals surface area contributed by atoms with Crippen molar-refractivity contribution in [2.45, 2.75) is 25.3 Å². The molecule has 0 bridgehead atoms. The average molecular weight is 261 g/mol. The van der Waals surface area contributed by atoms with Crippen molar-refractivity contribution in [3.05, 3.63) is 22.4 Å². The molecule has 3 nitrogen and oxygen atoms in total. The molecule has 0 aliphatic carbocycles. The molecule has 1 amide bonds. The molecule has 2 N–H and O–H groups in total. The number of carbonyl (C=O) groups is 1. The van der Waals surface area contributed by atoms with Gasteiger partial charge in [0.25, 0.3) is 0 Å². The van der Waals surface area contributed by atoms with Crippen molar-refractivity contribution in [2.75, 3.05) is 13.1 Å². The van der Waals surface area contributed by atoms with Crippen LogP contribution in [0, 0.1) is 0 Å². The van der Waals surface area contributed by atoms with Crippen molar-refractivity contribution in [2.24, 2.45) is 0 Å². The maximum absolute atomic E-state index is 11.6. The van der Waals surface area contributed by atoms with Gasteiger partial charge >= 0.3 is 0 Å². The average Bonchev–Trinajstić information content (AvgIpc) is 2.90. The molecular weight excluding hydrogens is 244 g/mol. The number of rotatable bonds is 4. The van der Waals surface area contributed by atoms with Gasteiger partial charge in [0.15, 0.2) is 0 Å². The SMILES string of the molecule is Cl.O=C(NCCc1cccs1)C1CCCN1. The standard InChI is InChI=1S/C11H16N2OS.ClH/c14-11(10-4-1-6-12-10)13-7-5-9-3-2-8-15-9;/h2-3,8,10,12H,1,4-7H2,(H,13,14);1H. The fraction of sp³-hybridized carbons (Fsp3) is 0.545. The molecule has 1 saturated heterocycles.